The number of fused-ring (bicyclic) bond motifs is 3. The summed E-state index contributed by atoms with van der Waals surface area (Å²) in [5.41, 5.74) is 3.86. The van der Waals surface area contributed by atoms with E-state index in [1.807, 2.05) is 17.5 Å². The zero-order valence-electron chi connectivity index (χ0n) is 13.7. The van der Waals surface area contributed by atoms with Crippen LogP contribution in [0.25, 0.3) is 10.9 Å². The van der Waals surface area contributed by atoms with Crippen LogP contribution in [0, 0.1) is 0 Å². The maximum atomic E-state index is 12.3. The van der Waals surface area contributed by atoms with Crippen LogP contribution < -0.4 is 5.32 Å². The molecule has 0 radical (unpaired) electrons. The van der Waals surface area contributed by atoms with Gasteiger partial charge in [-0.25, -0.2) is 0 Å². The average Bonchev–Trinajstić information content (AvgIpc) is 3.23. The lowest BCUT2D eigenvalue weighted by Crippen LogP contribution is -2.41. The number of para-hydroxylation sites is 1. The SMILES string of the molecule is C[C@H]1c2[nH]c3ccccc3c2CCN1CC(=O)NCc1cccs1. The van der Waals surface area contributed by atoms with E-state index in [0.717, 1.165) is 13.0 Å². The van der Waals surface area contributed by atoms with E-state index in [4.69, 9.17) is 0 Å². The Morgan fingerprint density at radius 3 is 3.04 bits per heavy atom. The van der Waals surface area contributed by atoms with E-state index in [-0.39, 0.29) is 11.9 Å². The van der Waals surface area contributed by atoms with E-state index in [1.165, 1.54) is 27.0 Å². The van der Waals surface area contributed by atoms with E-state index >= 15 is 0 Å². The minimum Gasteiger partial charge on any atom is -0.357 e. The molecule has 124 valence electrons. The molecule has 1 atom stereocenters. The van der Waals surface area contributed by atoms with Gasteiger partial charge in [-0.1, -0.05) is 24.3 Å². The predicted molar refractivity (Wildman–Crippen MR) is 98.2 cm³/mol. The molecule has 0 saturated carbocycles. The summed E-state index contributed by atoms with van der Waals surface area (Å²) in [5, 5.41) is 6.38. The van der Waals surface area contributed by atoms with Gasteiger partial charge in [0.2, 0.25) is 5.91 Å². The highest BCUT2D eigenvalue weighted by Gasteiger charge is 2.28. The Balaban J connectivity index is 1.45. The predicted octanol–water partition coefficient (Wildman–Crippen LogP) is 3.46. The summed E-state index contributed by atoms with van der Waals surface area (Å²) in [6.45, 7) is 4.17. The van der Waals surface area contributed by atoms with Crippen molar-refractivity contribution in [2.45, 2.75) is 25.9 Å². The van der Waals surface area contributed by atoms with Crippen LogP contribution in [0.3, 0.4) is 0 Å². The number of carbonyl (C=O) groups excluding carboxylic acids is 1. The van der Waals surface area contributed by atoms with Gasteiger partial charge in [-0.3, -0.25) is 9.69 Å². The van der Waals surface area contributed by atoms with Crippen molar-refractivity contribution in [2.75, 3.05) is 13.1 Å². The normalized spacial score (nSPS) is 17.8. The maximum Gasteiger partial charge on any atom is 0.234 e. The van der Waals surface area contributed by atoms with Crippen LogP contribution in [0.4, 0.5) is 0 Å². The van der Waals surface area contributed by atoms with Gasteiger partial charge in [-0.05, 0) is 36.4 Å². The van der Waals surface area contributed by atoms with Gasteiger partial charge in [0.05, 0.1) is 13.1 Å². The van der Waals surface area contributed by atoms with Crippen LogP contribution in [-0.2, 0) is 17.8 Å². The molecule has 2 N–H and O–H groups in total. The van der Waals surface area contributed by atoms with Gasteiger partial charge in [0.15, 0.2) is 0 Å². The fourth-order valence-corrected chi connectivity index (χ4v) is 4.18. The second-order valence-electron chi connectivity index (χ2n) is 6.32. The van der Waals surface area contributed by atoms with Crippen LogP contribution in [0.5, 0.6) is 0 Å². The van der Waals surface area contributed by atoms with E-state index in [1.54, 1.807) is 11.3 Å². The highest BCUT2D eigenvalue weighted by molar-refractivity contribution is 7.09. The second-order valence-corrected chi connectivity index (χ2v) is 7.35. The van der Waals surface area contributed by atoms with Gasteiger partial charge < -0.3 is 10.3 Å². The molecule has 1 amide bonds. The zero-order chi connectivity index (χ0) is 16.5. The summed E-state index contributed by atoms with van der Waals surface area (Å²) < 4.78 is 0. The summed E-state index contributed by atoms with van der Waals surface area (Å²) in [4.78, 5) is 19.3. The van der Waals surface area contributed by atoms with E-state index < -0.39 is 0 Å². The molecule has 3 heterocycles. The number of nitrogens with zero attached hydrogens (tertiary/aromatic N) is 1. The number of carbonyl (C=O) groups is 1. The molecule has 0 aliphatic carbocycles. The van der Waals surface area contributed by atoms with Crippen molar-refractivity contribution in [3.63, 3.8) is 0 Å². The van der Waals surface area contributed by atoms with Crippen molar-refractivity contribution in [1.29, 1.82) is 0 Å². The van der Waals surface area contributed by atoms with Crippen molar-refractivity contribution in [2.24, 2.45) is 0 Å². The van der Waals surface area contributed by atoms with Crippen LogP contribution in [-0.4, -0.2) is 28.9 Å². The molecule has 2 aromatic heterocycles. The first-order chi connectivity index (χ1) is 11.7. The molecule has 0 unspecified atom stereocenters. The van der Waals surface area contributed by atoms with Crippen molar-refractivity contribution in [3.05, 3.63) is 57.9 Å². The molecule has 1 aliphatic heterocycles. The third-order valence-corrected chi connectivity index (χ3v) is 5.72. The third kappa shape index (κ3) is 2.85. The van der Waals surface area contributed by atoms with Gasteiger partial charge in [-0.2, -0.15) is 0 Å². The minimum absolute atomic E-state index is 0.0924. The number of nitrogens with one attached hydrogen (secondary N) is 2. The molecule has 4 rings (SSSR count). The lowest BCUT2D eigenvalue weighted by Gasteiger charge is -2.32. The lowest BCUT2D eigenvalue weighted by molar-refractivity contribution is -0.123. The molecule has 4 nitrogen and oxygen atoms in total. The molecule has 0 bridgehead atoms. The molecule has 0 spiro atoms. The molecule has 0 fully saturated rings. The molecule has 5 heteroatoms. The first-order valence-corrected chi connectivity index (χ1v) is 9.23. The number of rotatable bonds is 4. The fourth-order valence-electron chi connectivity index (χ4n) is 3.53. The fraction of sp³-hybridized carbons (Fsp3) is 0.316. The molecular formula is C19H21N3OS. The molecule has 24 heavy (non-hydrogen) atoms. The number of thiophene rings is 1. The van der Waals surface area contributed by atoms with Crippen molar-refractivity contribution in [1.82, 2.24) is 15.2 Å². The van der Waals surface area contributed by atoms with Crippen molar-refractivity contribution < 1.29 is 4.79 Å². The van der Waals surface area contributed by atoms with Gasteiger partial charge in [-0.15, -0.1) is 11.3 Å². The van der Waals surface area contributed by atoms with Crippen LogP contribution >= 0.6 is 11.3 Å². The monoisotopic (exact) mass is 339 g/mol. The second kappa shape index (κ2) is 6.42. The molecular weight excluding hydrogens is 318 g/mol. The maximum absolute atomic E-state index is 12.3. The van der Waals surface area contributed by atoms with Crippen LogP contribution in [0.2, 0.25) is 0 Å². The largest absolute Gasteiger partial charge is 0.357 e. The van der Waals surface area contributed by atoms with Crippen molar-refractivity contribution >= 4 is 28.1 Å². The Hall–Kier alpha value is -2.11. The number of hydrogen-bond acceptors (Lipinski definition) is 3. The van der Waals surface area contributed by atoms with Gasteiger partial charge in [0, 0.05) is 34.1 Å². The number of amides is 1. The zero-order valence-corrected chi connectivity index (χ0v) is 14.5. The summed E-state index contributed by atoms with van der Waals surface area (Å²) >= 11 is 1.67. The molecule has 1 aromatic carbocycles. The van der Waals surface area contributed by atoms with E-state index in [0.29, 0.717) is 13.1 Å². The summed E-state index contributed by atoms with van der Waals surface area (Å²) in [5.74, 6) is 0.0924. The van der Waals surface area contributed by atoms with Crippen molar-refractivity contribution in [3.8, 4) is 0 Å². The number of aromatic nitrogens is 1. The number of hydrogen-bond donors (Lipinski definition) is 2. The number of H-pyrrole nitrogens is 1. The minimum atomic E-state index is 0.0924. The Bertz CT molecular complexity index is 853. The standard InChI is InChI=1S/C19H21N3OS/c1-13-19-16(15-6-2-3-7-17(15)21-19)8-9-22(13)12-18(23)20-11-14-5-4-10-24-14/h2-7,10,13,21H,8-9,11-12H2,1H3,(H,20,23)/t13-/m0/s1. The molecule has 1 aliphatic rings. The highest BCUT2D eigenvalue weighted by Crippen LogP contribution is 2.33. The smallest absolute Gasteiger partial charge is 0.234 e. The highest BCUT2D eigenvalue weighted by atomic mass is 32.1. The molecule has 0 saturated heterocycles. The topological polar surface area (TPSA) is 48.1 Å². The Morgan fingerprint density at radius 2 is 2.21 bits per heavy atom. The first kappa shape index (κ1) is 15.4. The summed E-state index contributed by atoms with van der Waals surface area (Å²) in [6, 6.07) is 12.7. The first-order valence-electron chi connectivity index (χ1n) is 8.35. The number of benzene rings is 1. The van der Waals surface area contributed by atoms with Crippen LogP contribution in [0.15, 0.2) is 41.8 Å². The lowest BCUT2D eigenvalue weighted by atomic mass is 9.98. The summed E-state index contributed by atoms with van der Waals surface area (Å²) in [6.07, 6.45) is 0.988. The van der Waals surface area contributed by atoms with Crippen LogP contribution in [0.1, 0.15) is 29.1 Å². The van der Waals surface area contributed by atoms with Gasteiger partial charge >= 0.3 is 0 Å². The Kier molecular flexibility index (Phi) is 4.12. The Morgan fingerprint density at radius 1 is 1.33 bits per heavy atom. The van der Waals surface area contributed by atoms with Gasteiger partial charge in [0.25, 0.3) is 0 Å². The average molecular weight is 339 g/mol. The van der Waals surface area contributed by atoms with E-state index in [2.05, 4.69) is 46.4 Å². The third-order valence-electron chi connectivity index (χ3n) is 4.85. The van der Waals surface area contributed by atoms with E-state index in [9.17, 15) is 4.79 Å². The Labute approximate surface area is 145 Å². The van der Waals surface area contributed by atoms with Gasteiger partial charge in [0.1, 0.15) is 0 Å². The quantitative estimate of drug-likeness (QED) is 0.765. The molecule has 3 aromatic rings. The number of aromatic amines is 1. The summed E-state index contributed by atoms with van der Waals surface area (Å²) in [7, 11) is 0.